The van der Waals surface area contributed by atoms with Crippen LogP contribution in [0.5, 0.6) is 0 Å². The molecule has 0 aliphatic carbocycles. The minimum Gasteiger partial charge on any atom is -0.459 e. The largest absolute Gasteiger partial charge is 0.459 e. The molecule has 0 spiro atoms. The van der Waals surface area contributed by atoms with Gasteiger partial charge in [0.15, 0.2) is 5.76 Å². The summed E-state index contributed by atoms with van der Waals surface area (Å²) in [5, 5.41) is 4.45. The second-order valence-electron chi connectivity index (χ2n) is 6.26. The van der Waals surface area contributed by atoms with E-state index in [2.05, 4.69) is 10.3 Å². The van der Waals surface area contributed by atoms with Gasteiger partial charge in [-0.1, -0.05) is 29.8 Å². The topological polar surface area (TPSA) is 81.4 Å². The minimum absolute atomic E-state index is 0.000921. The van der Waals surface area contributed by atoms with E-state index in [1.54, 1.807) is 25.1 Å². The van der Waals surface area contributed by atoms with Gasteiger partial charge in [0.1, 0.15) is 16.6 Å². The standard InChI is InChI=1S/C21H15ClN2O4S/c1-12-9-17(24-20(25)16-7-4-8-27-16)29-18(12)21(26)28-11-14-10-13-5-2-3-6-15(13)23-19(14)22/h2-10H,11H2,1H3,(H,24,25). The highest BCUT2D eigenvalue weighted by Gasteiger charge is 2.18. The van der Waals surface area contributed by atoms with Crippen LogP contribution in [-0.2, 0) is 11.3 Å². The summed E-state index contributed by atoms with van der Waals surface area (Å²) in [5.74, 6) is -0.681. The smallest absolute Gasteiger partial charge is 0.348 e. The summed E-state index contributed by atoms with van der Waals surface area (Å²) >= 11 is 7.36. The van der Waals surface area contributed by atoms with Crippen molar-refractivity contribution in [2.45, 2.75) is 13.5 Å². The van der Waals surface area contributed by atoms with Gasteiger partial charge in [-0.25, -0.2) is 9.78 Å². The molecular weight excluding hydrogens is 412 g/mol. The Kier molecular flexibility index (Phi) is 5.33. The zero-order chi connectivity index (χ0) is 20.4. The third kappa shape index (κ3) is 4.16. The first-order valence-electron chi connectivity index (χ1n) is 8.68. The number of nitrogens with one attached hydrogen (secondary N) is 1. The van der Waals surface area contributed by atoms with Crippen LogP contribution in [0.4, 0.5) is 5.00 Å². The fourth-order valence-electron chi connectivity index (χ4n) is 2.77. The molecule has 4 aromatic rings. The number of halogens is 1. The number of hydrogen-bond acceptors (Lipinski definition) is 6. The van der Waals surface area contributed by atoms with Gasteiger partial charge in [-0.2, -0.15) is 0 Å². The van der Waals surface area contributed by atoms with Crippen molar-refractivity contribution in [2.75, 3.05) is 5.32 Å². The van der Waals surface area contributed by atoms with E-state index >= 15 is 0 Å². The third-order valence-corrected chi connectivity index (χ3v) is 5.65. The molecule has 1 aromatic carbocycles. The minimum atomic E-state index is -0.491. The molecule has 0 saturated heterocycles. The van der Waals surface area contributed by atoms with Crippen molar-refractivity contribution in [1.82, 2.24) is 4.98 Å². The number of aromatic nitrogens is 1. The van der Waals surface area contributed by atoms with Gasteiger partial charge in [-0.15, -0.1) is 11.3 Å². The second kappa shape index (κ2) is 8.06. The van der Waals surface area contributed by atoms with Crippen LogP contribution >= 0.6 is 22.9 Å². The maximum atomic E-state index is 12.5. The van der Waals surface area contributed by atoms with Crippen LogP contribution in [0, 0.1) is 6.92 Å². The first kappa shape index (κ1) is 19.2. The Bertz CT molecular complexity index is 1200. The van der Waals surface area contributed by atoms with Crippen LogP contribution in [0.15, 0.2) is 59.2 Å². The van der Waals surface area contributed by atoms with Crippen molar-refractivity contribution in [1.29, 1.82) is 0 Å². The van der Waals surface area contributed by atoms with Crippen molar-refractivity contribution in [2.24, 2.45) is 0 Å². The molecule has 0 saturated carbocycles. The number of ether oxygens (including phenoxy) is 1. The first-order chi connectivity index (χ1) is 14.0. The first-order valence-corrected chi connectivity index (χ1v) is 9.87. The van der Waals surface area contributed by atoms with E-state index in [9.17, 15) is 9.59 Å². The van der Waals surface area contributed by atoms with Crippen LogP contribution < -0.4 is 5.32 Å². The van der Waals surface area contributed by atoms with E-state index in [4.69, 9.17) is 20.8 Å². The van der Waals surface area contributed by atoms with Gasteiger partial charge in [0.2, 0.25) is 0 Å². The van der Waals surface area contributed by atoms with Crippen LogP contribution in [0.2, 0.25) is 5.15 Å². The predicted octanol–water partition coefficient (Wildman–Crippen LogP) is 5.46. The highest BCUT2D eigenvalue weighted by Crippen LogP contribution is 2.29. The number of carbonyl (C=O) groups is 2. The van der Waals surface area contributed by atoms with Crippen LogP contribution in [-0.4, -0.2) is 16.9 Å². The van der Waals surface area contributed by atoms with Gasteiger partial charge in [0.05, 0.1) is 16.8 Å². The number of benzene rings is 1. The Morgan fingerprint density at radius 2 is 2.03 bits per heavy atom. The molecule has 0 atom stereocenters. The summed E-state index contributed by atoms with van der Waals surface area (Å²) in [6.07, 6.45) is 1.42. The number of esters is 1. The molecular formula is C21H15ClN2O4S. The number of carbonyl (C=O) groups excluding carboxylic acids is 2. The lowest BCUT2D eigenvalue weighted by molar-refractivity contribution is 0.0477. The van der Waals surface area contributed by atoms with E-state index in [1.807, 2.05) is 30.3 Å². The molecule has 1 amide bonds. The molecule has 0 aliphatic heterocycles. The number of furan rings is 1. The zero-order valence-corrected chi connectivity index (χ0v) is 16.8. The molecule has 3 aromatic heterocycles. The van der Waals surface area contributed by atoms with Gasteiger partial charge < -0.3 is 14.5 Å². The number of aryl methyl sites for hydroxylation is 1. The SMILES string of the molecule is Cc1cc(NC(=O)c2ccco2)sc1C(=O)OCc1cc2ccccc2nc1Cl. The molecule has 0 aliphatic rings. The van der Waals surface area contributed by atoms with Gasteiger partial charge >= 0.3 is 5.97 Å². The van der Waals surface area contributed by atoms with Gasteiger partial charge in [0.25, 0.3) is 5.91 Å². The number of rotatable bonds is 5. The van der Waals surface area contributed by atoms with E-state index < -0.39 is 5.97 Å². The normalized spacial score (nSPS) is 10.8. The summed E-state index contributed by atoms with van der Waals surface area (Å²) < 4.78 is 10.5. The molecule has 0 fully saturated rings. The summed E-state index contributed by atoms with van der Waals surface area (Å²) in [7, 11) is 0. The number of pyridine rings is 1. The maximum Gasteiger partial charge on any atom is 0.348 e. The number of hydrogen-bond donors (Lipinski definition) is 1. The lowest BCUT2D eigenvalue weighted by Crippen LogP contribution is -2.09. The number of anilines is 1. The average molecular weight is 427 g/mol. The fraction of sp³-hybridized carbons (Fsp3) is 0.0952. The number of thiophene rings is 1. The van der Waals surface area contributed by atoms with Crippen LogP contribution in [0.3, 0.4) is 0 Å². The van der Waals surface area contributed by atoms with Crippen molar-refractivity contribution in [3.8, 4) is 0 Å². The predicted molar refractivity (Wildman–Crippen MR) is 112 cm³/mol. The molecule has 4 rings (SSSR count). The van der Waals surface area contributed by atoms with E-state index in [0.29, 0.717) is 26.2 Å². The lowest BCUT2D eigenvalue weighted by Gasteiger charge is -2.07. The molecule has 8 heteroatoms. The van der Waals surface area contributed by atoms with Gasteiger partial charge in [-0.05, 0) is 42.8 Å². The molecule has 146 valence electrons. The Morgan fingerprint density at radius 1 is 1.21 bits per heavy atom. The molecule has 3 heterocycles. The van der Waals surface area contributed by atoms with E-state index in [-0.39, 0.29) is 18.3 Å². The average Bonchev–Trinajstić information content (AvgIpc) is 3.36. The quantitative estimate of drug-likeness (QED) is 0.338. The van der Waals surface area contributed by atoms with E-state index in [1.165, 1.54) is 6.26 Å². The second-order valence-corrected chi connectivity index (χ2v) is 7.67. The number of para-hydroxylation sites is 1. The fourth-order valence-corrected chi connectivity index (χ4v) is 3.94. The maximum absolute atomic E-state index is 12.5. The summed E-state index contributed by atoms with van der Waals surface area (Å²) in [6, 6.07) is 14.3. The molecule has 0 bridgehead atoms. The summed E-state index contributed by atoms with van der Waals surface area (Å²) in [4.78, 5) is 29.4. The third-order valence-electron chi connectivity index (χ3n) is 4.19. The number of nitrogens with zero attached hydrogens (tertiary/aromatic N) is 1. The number of amides is 1. The van der Waals surface area contributed by atoms with Crippen LogP contribution in [0.25, 0.3) is 10.9 Å². The summed E-state index contributed by atoms with van der Waals surface area (Å²) in [5.41, 5.74) is 2.11. The van der Waals surface area contributed by atoms with Crippen molar-refractivity contribution in [3.63, 3.8) is 0 Å². The van der Waals surface area contributed by atoms with Crippen molar-refractivity contribution in [3.05, 3.63) is 81.7 Å². The Labute approximate surface area is 175 Å². The molecule has 0 radical (unpaired) electrons. The molecule has 29 heavy (non-hydrogen) atoms. The Hall–Kier alpha value is -3.16. The lowest BCUT2D eigenvalue weighted by atomic mass is 10.2. The van der Waals surface area contributed by atoms with Crippen molar-refractivity contribution < 1.29 is 18.7 Å². The van der Waals surface area contributed by atoms with Crippen molar-refractivity contribution >= 4 is 50.7 Å². The zero-order valence-electron chi connectivity index (χ0n) is 15.3. The van der Waals surface area contributed by atoms with E-state index in [0.717, 1.165) is 22.2 Å². The number of fused-ring (bicyclic) bond motifs is 1. The highest BCUT2D eigenvalue weighted by atomic mass is 35.5. The summed E-state index contributed by atoms with van der Waals surface area (Å²) in [6.45, 7) is 1.78. The molecule has 0 unspecified atom stereocenters. The van der Waals surface area contributed by atoms with Gasteiger partial charge in [-0.3, -0.25) is 4.79 Å². The Morgan fingerprint density at radius 3 is 2.83 bits per heavy atom. The van der Waals surface area contributed by atoms with Gasteiger partial charge in [0, 0.05) is 10.9 Å². The Balaban J connectivity index is 1.46. The molecule has 6 nitrogen and oxygen atoms in total. The highest BCUT2D eigenvalue weighted by molar-refractivity contribution is 7.18. The molecule has 1 N–H and O–H groups in total. The monoisotopic (exact) mass is 426 g/mol. The van der Waals surface area contributed by atoms with Crippen LogP contribution in [0.1, 0.15) is 31.4 Å².